The number of amidine groups is 1. The van der Waals surface area contributed by atoms with Gasteiger partial charge >= 0.3 is 0 Å². The number of nitrogens with zero attached hydrogens (tertiary/aromatic N) is 2. The zero-order chi connectivity index (χ0) is 8.20. The molecular formula is C6H14IN2O+. The standard InChI is InChI=1S/C6H14IN2O/c1-9(2,3)6(8-7)4-5-10/h10H,4-5H2,1-3H3/q+1. The highest BCUT2D eigenvalue weighted by Gasteiger charge is 2.16. The smallest absolute Gasteiger partial charge is 0.209 e. The normalized spacial score (nSPS) is 13.9. The maximum Gasteiger partial charge on any atom is 0.209 e. The minimum Gasteiger partial charge on any atom is -0.396 e. The van der Waals surface area contributed by atoms with Crippen LogP contribution in [0.2, 0.25) is 0 Å². The molecule has 0 rings (SSSR count). The Morgan fingerprint density at radius 1 is 1.50 bits per heavy atom. The summed E-state index contributed by atoms with van der Waals surface area (Å²) < 4.78 is 4.75. The van der Waals surface area contributed by atoms with Gasteiger partial charge in [0, 0.05) is 0 Å². The zero-order valence-electron chi connectivity index (χ0n) is 6.63. The quantitative estimate of drug-likeness (QED) is 0.338. The Morgan fingerprint density at radius 2 is 2.00 bits per heavy atom. The van der Waals surface area contributed by atoms with Crippen molar-refractivity contribution in [2.45, 2.75) is 6.42 Å². The minimum atomic E-state index is 0.178. The molecule has 10 heavy (non-hydrogen) atoms. The van der Waals surface area contributed by atoms with E-state index >= 15 is 0 Å². The van der Waals surface area contributed by atoms with E-state index in [4.69, 9.17) is 5.11 Å². The van der Waals surface area contributed by atoms with Crippen LogP contribution in [0.3, 0.4) is 0 Å². The van der Waals surface area contributed by atoms with E-state index in [1.165, 1.54) is 0 Å². The summed E-state index contributed by atoms with van der Waals surface area (Å²) in [5.74, 6) is 1.00. The minimum absolute atomic E-state index is 0.178. The summed E-state index contributed by atoms with van der Waals surface area (Å²) in [6, 6.07) is 0. The highest BCUT2D eigenvalue weighted by atomic mass is 127. The van der Waals surface area contributed by atoms with Gasteiger partial charge in [-0.25, -0.2) is 0 Å². The third-order valence-electron chi connectivity index (χ3n) is 1.21. The fraction of sp³-hybridized carbons (Fsp3) is 0.833. The Morgan fingerprint density at radius 3 is 2.10 bits per heavy atom. The largest absolute Gasteiger partial charge is 0.396 e. The monoisotopic (exact) mass is 257 g/mol. The molecule has 0 aromatic carbocycles. The lowest BCUT2D eigenvalue weighted by atomic mass is 10.3. The molecule has 0 aromatic heterocycles. The molecule has 0 aliphatic rings. The average Bonchev–Trinajstić information content (AvgIpc) is 1.80. The molecule has 0 aliphatic carbocycles. The molecule has 0 amide bonds. The van der Waals surface area contributed by atoms with E-state index in [1.807, 2.05) is 44.0 Å². The van der Waals surface area contributed by atoms with Gasteiger partial charge in [-0.15, -0.1) is 0 Å². The van der Waals surface area contributed by atoms with E-state index < -0.39 is 0 Å². The summed E-state index contributed by atoms with van der Waals surface area (Å²) in [6.07, 6.45) is 0.659. The van der Waals surface area contributed by atoms with Gasteiger partial charge in [0.05, 0.1) is 57.0 Å². The van der Waals surface area contributed by atoms with Crippen molar-refractivity contribution in [1.29, 1.82) is 0 Å². The van der Waals surface area contributed by atoms with Crippen molar-refractivity contribution < 1.29 is 9.59 Å². The van der Waals surface area contributed by atoms with Crippen molar-refractivity contribution in [1.82, 2.24) is 0 Å². The summed E-state index contributed by atoms with van der Waals surface area (Å²) in [7, 11) is 6.10. The van der Waals surface area contributed by atoms with Gasteiger partial charge < -0.3 is 5.11 Å². The van der Waals surface area contributed by atoms with Crippen molar-refractivity contribution >= 4 is 28.7 Å². The Balaban J connectivity index is 4.10. The van der Waals surface area contributed by atoms with Crippen molar-refractivity contribution in [3.05, 3.63) is 0 Å². The molecule has 0 saturated carbocycles. The first-order valence-corrected chi connectivity index (χ1v) is 4.09. The molecule has 0 bridgehead atoms. The van der Waals surface area contributed by atoms with Crippen molar-refractivity contribution in [2.24, 2.45) is 3.21 Å². The van der Waals surface area contributed by atoms with Crippen LogP contribution < -0.4 is 0 Å². The van der Waals surface area contributed by atoms with Crippen LogP contribution >= 0.6 is 22.9 Å². The van der Waals surface area contributed by atoms with E-state index in [1.54, 1.807) is 0 Å². The number of halogens is 1. The second-order valence-electron chi connectivity index (χ2n) is 2.99. The highest BCUT2D eigenvalue weighted by molar-refractivity contribution is 14.1. The van der Waals surface area contributed by atoms with Crippen LogP contribution in [0.15, 0.2) is 3.21 Å². The van der Waals surface area contributed by atoms with Crippen LogP contribution in [-0.2, 0) is 0 Å². The first-order valence-electron chi connectivity index (χ1n) is 3.13. The molecule has 0 aromatic rings. The molecular weight excluding hydrogens is 243 g/mol. The highest BCUT2D eigenvalue weighted by Crippen LogP contribution is 2.02. The summed E-state index contributed by atoms with van der Waals surface area (Å²) in [5, 5.41) is 8.64. The van der Waals surface area contributed by atoms with Gasteiger partial charge in [0.2, 0.25) is 5.84 Å². The predicted molar refractivity (Wildman–Crippen MR) is 51.2 cm³/mol. The van der Waals surface area contributed by atoms with Crippen molar-refractivity contribution in [3.63, 3.8) is 0 Å². The van der Waals surface area contributed by atoms with E-state index in [0.29, 0.717) is 10.9 Å². The van der Waals surface area contributed by atoms with Crippen LogP contribution in [0.25, 0.3) is 0 Å². The maximum absolute atomic E-state index is 8.64. The Kier molecular flexibility index (Phi) is 4.39. The van der Waals surface area contributed by atoms with E-state index in [9.17, 15) is 0 Å². The topological polar surface area (TPSA) is 32.6 Å². The first kappa shape index (κ1) is 10.3. The second-order valence-corrected chi connectivity index (χ2v) is 3.47. The molecule has 0 heterocycles. The van der Waals surface area contributed by atoms with Crippen molar-refractivity contribution in [2.75, 3.05) is 27.7 Å². The van der Waals surface area contributed by atoms with Crippen LogP contribution in [-0.4, -0.2) is 43.2 Å². The summed E-state index contributed by atoms with van der Waals surface area (Å²) in [5.41, 5.74) is 0. The fourth-order valence-electron chi connectivity index (χ4n) is 0.591. The number of aliphatic hydroxyl groups excluding tert-OH is 1. The molecule has 0 radical (unpaired) electrons. The average molecular weight is 257 g/mol. The summed E-state index contributed by atoms with van der Waals surface area (Å²) >= 11 is 1.96. The van der Waals surface area contributed by atoms with E-state index in [-0.39, 0.29) is 6.61 Å². The molecule has 0 aliphatic heterocycles. The molecule has 0 saturated heterocycles. The maximum atomic E-state index is 8.64. The van der Waals surface area contributed by atoms with E-state index in [2.05, 4.69) is 3.21 Å². The Hall–Kier alpha value is 0.320. The third-order valence-corrected chi connectivity index (χ3v) is 1.76. The Bertz CT molecular complexity index is 128. The molecule has 60 valence electrons. The van der Waals surface area contributed by atoms with Crippen LogP contribution in [0.5, 0.6) is 0 Å². The molecule has 0 fully saturated rings. The second kappa shape index (κ2) is 4.25. The van der Waals surface area contributed by atoms with Gasteiger partial charge in [-0.3, -0.25) is 4.48 Å². The lowest BCUT2D eigenvalue weighted by Gasteiger charge is -2.23. The predicted octanol–water partition coefficient (Wildman–Crippen LogP) is 0.823. The van der Waals surface area contributed by atoms with Gasteiger partial charge in [0.25, 0.3) is 0 Å². The van der Waals surface area contributed by atoms with Gasteiger partial charge in [-0.1, -0.05) is 0 Å². The van der Waals surface area contributed by atoms with E-state index in [0.717, 1.165) is 5.84 Å². The van der Waals surface area contributed by atoms with Crippen LogP contribution in [0.1, 0.15) is 6.42 Å². The molecule has 0 atom stereocenters. The molecule has 1 N–H and O–H groups in total. The number of hydrogen-bond donors (Lipinski definition) is 1. The lowest BCUT2D eigenvalue weighted by molar-refractivity contribution is -0.778. The number of rotatable bonds is 2. The lowest BCUT2D eigenvalue weighted by Crippen LogP contribution is -2.41. The Labute approximate surface area is 75.8 Å². The van der Waals surface area contributed by atoms with Gasteiger partial charge in [0.15, 0.2) is 0 Å². The fourth-order valence-corrected chi connectivity index (χ4v) is 1.48. The van der Waals surface area contributed by atoms with Gasteiger partial charge in [-0.05, 0) is 0 Å². The van der Waals surface area contributed by atoms with Crippen LogP contribution in [0, 0.1) is 0 Å². The first-order chi connectivity index (χ1) is 4.52. The third kappa shape index (κ3) is 3.48. The summed E-state index contributed by atoms with van der Waals surface area (Å²) in [4.78, 5) is 0. The van der Waals surface area contributed by atoms with Crippen molar-refractivity contribution in [3.8, 4) is 0 Å². The molecule has 0 unspecified atom stereocenters. The van der Waals surface area contributed by atoms with Gasteiger partial charge in [-0.2, -0.15) is 3.21 Å². The number of aliphatic hydroxyl groups is 1. The number of quaternary nitrogens is 1. The molecule has 0 spiro atoms. The SMILES string of the molecule is C[N+](C)(C)C(CCO)=NI. The zero-order valence-corrected chi connectivity index (χ0v) is 8.79. The summed E-state index contributed by atoms with van der Waals surface area (Å²) in [6.45, 7) is 0.178. The van der Waals surface area contributed by atoms with Crippen LogP contribution in [0.4, 0.5) is 0 Å². The number of hydrogen-bond acceptors (Lipinski definition) is 2. The molecule has 3 nitrogen and oxygen atoms in total. The molecule has 4 heteroatoms. The van der Waals surface area contributed by atoms with Gasteiger partial charge in [0.1, 0.15) is 0 Å².